The molecule has 3 saturated carbocycles. The van der Waals surface area contributed by atoms with Gasteiger partial charge in [-0.25, -0.2) is 13.4 Å². The Bertz CT molecular complexity index is 1230. The fourth-order valence-electron chi connectivity index (χ4n) is 5.23. The molecule has 0 saturated heterocycles. The summed E-state index contributed by atoms with van der Waals surface area (Å²) in [5.74, 6) is -0.0170. The highest BCUT2D eigenvalue weighted by Crippen LogP contribution is 2.47. The van der Waals surface area contributed by atoms with Gasteiger partial charge in [0.15, 0.2) is 15.7 Å². The Morgan fingerprint density at radius 2 is 1.86 bits per heavy atom. The van der Waals surface area contributed by atoms with Crippen molar-refractivity contribution in [2.75, 3.05) is 5.32 Å². The molecule has 1 unspecified atom stereocenters. The molecule has 5 rings (SSSR count). The summed E-state index contributed by atoms with van der Waals surface area (Å²) in [5.41, 5.74) is 0.909. The highest BCUT2D eigenvalue weighted by atomic mass is 32.2. The van der Waals surface area contributed by atoms with Gasteiger partial charge in [0, 0.05) is 0 Å². The van der Waals surface area contributed by atoms with Crippen LogP contribution in [0.2, 0.25) is 0 Å². The van der Waals surface area contributed by atoms with E-state index in [-0.39, 0.29) is 29.1 Å². The average Bonchev–Trinajstić information content (AvgIpc) is 3.74. The molecule has 8 nitrogen and oxygen atoms in total. The van der Waals surface area contributed by atoms with Crippen molar-refractivity contribution in [1.29, 1.82) is 0 Å². The molecule has 1 amide bonds. The second-order valence-corrected chi connectivity index (χ2v) is 13.5. The molecule has 9 heteroatoms. The highest BCUT2D eigenvalue weighted by Gasteiger charge is 2.41. The predicted octanol–water partition coefficient (Wildman–Crippen LogP) is 3.79. The summed E-state index contributed by atoms with van der Waals surface area (Å²) < 4.78 is 26.2. The molecule has 3 aliphatic rings. The molecule has 3 atom stereocenters. The van der Waals surface area contributed by atoms with Crippen LogP contribution in [0.25, 0.3) is 0 Å². The van der Waals surface area contributed by atoms with Crippen molar-refractivity contribution in [2.45, 2.75) is 98.9 Å². The SMILES string of the molecule is CC(C)(O)c1cnc(NC(=O)[C@H](C[C@H]2CCC(O)C2)c2ccc(S(=O)(=O)C3CC3)c(C3CC3)c2)cn1. The first-order valence-corrected chi connectivity index (χ1v) is 14.5. The molecule has 36 heavy (non-hydrogen) atoms. The van der Waals surface area contributed by atoms with E-state index in [2.05, 4.69) is 15.3 Å². The number of sulfone groups is 1. The van der Waals surface area contributed by atoms with E-state index < -0.39 is 21.4 Å². The van der Waals surface area contributed by atoms with Crippen LogP contribution in [-0.4, -0.2) is 45.9 Å². The fraction of sp³-hybridized carbons (Fsp3) is 0.593. The first kappa shape index (κ1) is 25.3. The number of nitrogens with zero attached hydrogens (tertiary/aromatic N) is 2. The monoisotopic (exact) mass is 513 g/mol. The number of aromatic nitrogens is 2. The van der Waals surface area contributed by atoms with Crippen LogP contribution in [0.1, 0.15) is 93.9 Å². The van der Waals surface area contributed by atoms with Crippen LogP contribution >= 0.6 is 0 Å². The molecule has 194 valence electrons. The third kappa shape index (κ3) is 5.48. The second-order valence-electron chi connectivity index (χ2n) is 11.3. The molecule has 1 aromatic heterocycles. The number of amides is 1. The zero-order valence-electron chi connectivity index (χ0n) is 20.9. The van der Waals surface area contributed by atoms with E-state index in [1.165, 1.54) is 12.4 Å². The molecule has 3 aliphatic carbocycles. The van der Waals surface area contributed by atoms with Gasteiger partial charge in [-0.1, -0.05) is 12.1 Å². The Hall–Kier alpha value is -2.36. The van der Waals surface area contributed by atoms with Gasteiger partial charge < -0.3 is 15.5 Å². The molecule has 1 heterocycles. The molecule has 1 aromatic carbocycles. The first-order valence-electron chi connectivity index (χ1n) is 12.9. The molecule has 3 N–H and O–H groups in total. The summed E-state index contributed by atoms with van der Waals surface area (Å²) in [5, 5.41) is 22.8. The zero-order chi connectivity index (χ0) is 25.7. The first-order chi connectivity index (χ1) is 17.0. The van der Waals surface area contributed by atoms with E-state index in [4.69, 9.17) is 0 Å². The minimum Gasteiger partial charge on any atom is -0.393 e. The Balaban J connectivity index is 1.44. The number of carbonyl (C=O) groups is 1. The van der Waals surface area contributed by atoms with E-state index in [9.17, 15) is 23.4 Å². The molecule has 0 radical (unpaired) electrons. The lowest BCUT2D eigenvalue weighted by molar-refractivity contribution is -0.118. The van der Waals surface area contributed by atoms with Crippen LogP contribution in [0, 0.1) is 5.92 Å². The summed E-state index contributed by atoms with van der Waals surface area (Å²) >= 11 is 0. The highest BCUT2D eigenvalue weighted by molar-refractivity contribution is 7.92. The van der Waals surface area contributed by atoms with Gasteiger partial charge in [-0.3, -0.25) is 9.78 Å². The van der Waals surface area contributed by atoms with Crippen LogP contribution in [0.15, 0.2) is 35.5 Å². The quantitative estimate of drug-likeness (QED) is 0.465. The van der Waals surface area contributed by atoms with Gasteiger partial charge in [0.25, 0.3) is 0 Å². The normalized spacial score (nSPS) is 23.4. The average molecular weight is 514 g/mol. The number of nitrogens with one attached hydrogen (secondary N) is 1. The Kier molecular flexibility index (Phi) is 6.68. The van der Waals surface area contributed by atoms with Crippen molar-refractivity contribution >= 4 is 21.6 Å². The molecule has 0 bridgehead atoms. The number of rotatable bonds is 9. The molecule has 0 aliphatic heterocycles. The van der Waals surface area contributed by atoms with Crippen LogP contribution in [0.4, 0.5) is 5.82 Å². The number of hydrogen-bond donors (Lipinski definition) is 3. The van der Waals surface area contributed by atoms with Gasteiger partial charge in [0.2, 0.25) is 5.91 Å². The Morgan fingerprint density at radius 1 is 1.11 bits per heavy atom. The lowest BCUT2D eigenvalue weighted by atomic mass is 9.86. The van der Waals surface area contributed by atoms with Crippen molar-refractivity contribution in [3.8, 4) is 0 Å². The smallest absolute Gasteiger partial charge is 0.233 e. The lowest BCUT2D eigenvalue weighted by Crippen LogP contribution is -2.25. The van der Waals surface area contributed by atoms with E-state index in [1.807, 2.05) is 6.07 Å². The van der Waals surface area contributed by atoms with E-state index in [0.29, 0.717) is 29.2 Å². The molecular formula is C27H35N3O5S. The van der Waals surface area contributed by atoms with Gasteiger partial charge in [-0.05, 0) is 94.2 Å². The number of aliphatic hydroxyl groups excluding tert-OH is 1. The lowest BCUT2D eigenvalue weighted by Gasteiger charge is -2.22. The van der Waals surface area contributed by atoms with Crippen molar-refractivity contribution < 1.29 is 23.4 Å². The third-order valence-electron chi connectivity index (χ3n) is 7.65. The van der Waals surface area contributed by atoms with E-state index in [0.717, 1.165) is 49.7 Å². The second kappa shape index (κ2) is 9.50. The van der Waals surface area contributed by atoms with Crippen LogP contribution in [0.5, 0.6) is 0 Å². The molecular weight excluding hydrogens is 478 g/mol. The number of benzene rings is 1. The topological polar surface area (TPSA) is 129 Å². The minimum atomic E-state index is -3.33. The van der Waals surface area contributed by atoms with Crippen LogP contribution < -0.4 is 5.32 Å². The van der Waals surface area contributed by atoms with Gasteiger partial charge in [-0.2, -0.15) is 0 Å². The van der Waals surface area contributed by atoms with E-state index >= 15 is 0 Å². The molecule has 3 fully saturated rings. The maximum absolute atomic E-state index is 13.6. The van der Waals surface area contributed by atoms with Gasteiger partial charge in [-0.15, -0.1) is 0 Å². The van der Waals surface area contributed by atoms with Gasteiger partial charge in [0.05, 0.1) is 40.3 Å². The van der Waals surface area contributed by atoms with Crippen LogP contribution in [0.3, 0.4) is 0 Å². The fourth-order valence-corrected chi connectivity index (χ4v) is 7.15. The van der Waals surface area contributed by atoms with Crippen molar-refractivity contribution in [3.05, 3.63) is 47.4 Å². The summed E-state index contributed by atoms with van der Waals surface area (Å²) in [7, 11) is -3.33. The Labute approximate surface area is 212 Å². The van der Waals surface area contributed by atoms with Gasteiger partial charge in [0.1, 0.15) is 5.60 Å². The number of aliphatic hydroxyl groups is 2. The third-order valence-corrected chi connectivity index (χ3v) is 9.99. The number of carbonyl (C=O) groups excluding carboxylic acids is 1. The summed E-state index contributed by atoms with van der Waals surface area (Å²) in [4.78, 5) is 22.5. The van der Waals surface area contributed by atoms with Crippen molar-refractivity contribution in [3.63, 3.8) is 0 Å². The zero-order valence-corrected chi connectivity index (χ0v) is 21.7. The predicted molar refractivity (Wildman–Crippen MR) is 135 cm³/mol. The van der Waals surface area contributed by atoms with Gasteiger partial charge >= 0.3 is 0 Å². The Morgan fingerprint density at radius 3 is 2.42 bits per heavy atom. The maximum atomic E-state index is 13.6. The van der Waals surface area contributed by atoms with Crippen molar-refractivity contribution in [2.24, 2.45) is 5.92 Å². The van der Waals surface area contributed by atoms with Crippen molar-refractivity contribution in [1.82, 2.24) is 9.97 Å². The number of anilines is 1. The molecule has 0 spiro atoms. The molecule has 2 aromatic rings. The van der Waals surface area contributed by atoms with Crippen LogP contribution in [-0.2, 0) is 20.2 Å². The maximum Gasteiger partial charge on any atom is 0.233 e. The van der Waals surface area contributed by atoms with E-state index in [1.54, 1.807) is 26.0 Å². The summed E-state index contributed by atoms with van der Waals surface area (Å²) in [6, 6.07) is 5.43. The summed E-state index contributed by atoms with van der Waals surface area (Å²) in [6.07, 6.45) is 8.72. The summed E-state index contributed by atoms with van der Waals surface area (Å²) in [6.45, 7) is 3.23. The number of hydrogen-bond acceptors (Lipinski definition) is 7. The largest absolute Gasteiger partial charge is 0.393 e. The standard InChI is InChI=1S/C27H35N3O5S/c1-27(2,33)24-14-29-25(15-28-24)30-26(32)22(12-16-3-7-19(31)11-16)18-6-10-23(21(13-18)17-4-5-17)36(34,35)20-8-9-20/h6,10,13-17,19-20,22,31,33H,3-5,7-9,11-12H2,1-2H3,(H,29,30,32)/t16-,19?,22+/m0/s1. The minimum absolute atomic E-state index is 0.207.